The van der Waals surface area contributed by atoms with E-state index in [0.29, 0.717) is 35.8 Å². The molecule has 150 valence electrons. The van der Waals surface area contributed by atoms with Crippen molar-refractivity contribution in [2.24, 2.45) is 0 Å². The van der Waals surface area contributed by atoms with Gasteiger partial charge in [-0.1, -0.05) is 36.4 Å². The number of carbonyl (C=O) groups excluding carboxylic acids is 1. The van der Waals surface area contributed by atoms with Crippen molar-refractivity contribution in [1.82, 2.24) is 9.78 Å². The standard InChI is InChI=1S/C23H25N3O3/c1-5-9-18-13-19(14-20(28-3)22(18)29-4)23(27)24-21-12-16(2)25-26(21)15-17-10-7-6-8-11-17/h5-8,10-14H,1,9,15H2,2-4H3,(H,24,27). The summed E-state index contributed by atoms with van der Waals surface area (Å²) in [7, 11) is 3.13. The molecular weight excluding hydrogens is 366 g/mol. The van der Waals surface area contributed by atoms with Crippen LogP contribution in [0.5, 0.6) is 11.5 Å². The van der Waals surface area contributed by atoms with E-state index in [1.54, 1.807) is 37.1 Å². The number of allylic oxidation sites excluding steroid dienone is 1. The number of ether oxygens (including phenoxy) is 2. The fraction of sp³-hybridized carbons (Fsp3) is 0.217. The molecule has 0 aliphatic heterocycles. The number of anilines is 1. The van der Waals surface area contributed by atoms with Gasteiger partial charge in [-0.25, -0.2) is 4.68 Å². The zero-order valence-corrected chi connectivity index (χ0v) is 16.9. The zero-order chi connectivity index (χ0) is 20.8. The summed E-state index contributed by atoms with van der Waals surface area (Å²) >= 11 is 0. The van der Waals surface area contributed by atoms with Crippen molar-refractivity contribution in [3.8, 4) is 11.5 Å². The van der Waals surface area contributed by atoms with Crippen LogP contribution in [0.4, 0.5) is 5.82 Å². The fourth-order valence-corrected chi connectivity index (χ4v) is 3.19. The summed E-state index contributed by atoms with van der Waals surface area (Å²) in [6.45, 7) is 6.24. The molecular formula is C23H25N3O3. The summed E-state index contributed by atoms with van der Waals surface area (Å²) < 4.78 is 12.6. The third kappa shape index (κ3) is 4.66. The molecule has 0 unspecified atom stereocenters. The lowest BCUT2D eigenvalue weighted by molar-refractivity contribution is 0.102. The van der Waals surface area contributed by atoms with E-state index in [9.17, 15) is 4.79 Å². The molecule has 3 aromatic rings. The van der Waals surface area contributed by atoms with Gasteiger partial charge in [0.1, 0.15) is 5.82 Å². The van der Waals surface area contributed by atoms with Crippen LogP contribution in [0.1, 0.15) is 27.2 Å². The lowest BCUT2D eigenvalue weighted by Gasteiger charge is -2.15. The molecule has 0 saturated carbocycles. The molecule has 29 heavy (non-hydrogen) atoms. The highest BCUT2D eigenvalue weighted by molar-refractivity contribution is 6.04. The van der Waals surface area contributed by atoms with Gasteiger partial charge in [-0.05, 0) is 31.0 Å². The SMILES string of the molecule is C=CCc1cc(C(=O)Nc2cc(C)nn2Cc2ccccc2)cc(OC)c1OC. The van der Waals surface area contributed by atoms with Crippen molar-refractivity contribution in [2.45, 2.75) is 19.9 Å². The average molecular weight is 391 g/mol. The molecule has 0 saturated heterocycles. The van der Waals surface area contributed by atoms with E-state index < -0.39 is 0 Å². The minimum atomic E-state index is -0.245. The smallest absolute Gasteiger partial charge is 0.256 e. The summed E-state index contributed by atoms with van der Waals surface area (Å²) in [6.07, 6.45) is 2.32. The number of hydrogen-bond donors (Lipinski definition) is 1. The highest BCUT2D eigenvalue weighted by atomic mass is 16.5. The average Bonchev–Trinajstić information content (AvgIpc) is 3.06. The van der Waals surface area contributed by atoms with E-state index in [0.717, 1.165) is 16.8 Å². The van der Waals surface area contributed by atoms with Gasteiger partial charge in [-0.2, -0.15) is 5.10 Å². The van der Waals surface area contributed by atoms with Crippen molar-refractivity contribution in [3.05, 3.63) is 83.6 Å². The van der Waals surface area contributed by atoms with Gasteiger partial charge < -0.3 is 14.8 Å². The Bertz CT molecular complexity index is 1010. The van der Waals surface area contributed by atoms with Crippen LogP contribution in [-0.4, -0.2) is 29.9 Å². The molecule has 6 nitrogen and oxygen atoms in total. The summed E-state index contributed by atoms with van der Waals surface area (Å²) in [5.74, 6) is 1.50. The summed E-state index contributed by atoms with van der Waals surface area (Å²) in [5, 5.41) is 7.47. The Morgan fingerprint density at radius 2 is 1.93 bits per heavy atom. The molecule has 1 aromatic heterocycles. The van der Waals surface area contributed by atoms with Crippen molar-refractivity contribution in [1.29, 1.82) is 0 Å². The number of carbonyl (C=O) groups is 1. The molecule has 0 spiro atoms. The largest absolute Gasteiger partial charge is 0.493 e. The van der Waals surface area contributed by atoms with Crippen molar-refractivity contribution in [3.63, 3.8) is 0 Å². The van der Waals surface area contributed by atoms with Gasteiger partial charge in [-0.15, -0.1) is 6.58 Å². The molecule has 0 aliphatic carbocycles. The Morgan fingerprint density at radius 3 is 2.59 bits per heavy atom. The van der Waals surface area contributed by atoms with Gasteiger partial charge in [0.25, 0.3) is 5.91 Å². The number of hydrogen-bond acceptors (Lipinski definition) is 4. The molecule has 0 atom stereocenters. The second-order valence-corrected chi connectivity index (χ2v) is 6.63. The summed E-state index contributed by atoms with van der Waals surface area (Å²) in [5.41, 5.74) is 3.24. The molecule has 0 bridgehead atoms. The van der Waals surface area contributed by atoms with Crippen molar-refractivity contribution >= 4 is 11.7 Å². The second kappa shape index (κ2) is 9.10. The van der Waals surface area contributed by atoms with Crippen molar-refractivity contribution < 1.29 is 14.3 Å². The molecule has 6 heteroatoms. The maximum absolute atomic E-state index is 13.0. The first-order valence-electron chi connectivity index (χ1n) is 9.31. The Balaban J connectivity index is 1.89. The van der Waals surface area contributed by atoms with E-state index >= 15 is 0 Å². The first kappa shape index (κ1) is 20.2. The predicted octanol–water partition coefficient (Wildman–Crippen LogP) is 4.24. The number of aryl methyl sites for hydroxylation is 1. The van der Waals surface area contributed by atoms with E-state index in [-0.39, 0.29) is 5.91 Å². The molecule has 1 heterocycles. The number of benzene rings is 2. The van der Waals surface area contributed by atoms with Gasteiger partial charge in [0.05, 0.1) is 26.5 Å². The molecule has 1 amide bonds. The molecule has 0 aliphatic rings. The summed E-state index contributed by atoms with van der Waals surface area (Å²) in [4.78, 5) is 13.0. The monoisotopic (exact) mass is 391 g/mol. The Morgan fingerprint density at radius 1 is 1.17 bits per heavy atom. The maximum atomic E-state index is 13.0. The highest BCUT2D eigenvalue weighted by Gasteiger charge is 2.17. The second-order valence-electron chi connectivity index (χ2n) is 6.63. The minimum absolute atomic E-state index is 0.245. The number of rotatable bonds is 8. The Labute approximate surface area is 170 Å². The number of aromatic nitrogens is 2. The van der Waals surface area contributed by atoms with Crippen LogP contribution in [0.3, 0.4) is 0 Å². The first-order chi connectivity index (χ1) is 14.0. The predicted molar refractivity (Wildman–Crippen MR) is 114 cm³/mol. The van der Waals surface area contributed by atoms with Crippen LogP contribution in [-0.2, 0) is 13.0 Å². The van der Waals surface area contributed by atoms with Crippen LogP contribution in [0.2, 0.25) is 0 Å². The van der Waals surface area contributed by atoms with Gasteiger partial charge in [0.2, 0.25) is 0 Å². The maximum Gasteiger partial charge on any atom is 0.256 e. The van der Waals surface area contributed by atoms with Crippen LogP contribution in [0.15, 0.2) is 61.2 Å². The lowest BCUT2D eigenvalue weighted by atomic mass is 10.0. The number of nitrogens with zero attached hydrogens (tertiary/aromatic N) is 2. The van der Waals surface area contributed by atoms with Gasteiger partial charge in [0.15, 0.2) is 11.5 Å². The number of nitrogens with one attached hydrogen (secondary N) is 1. The van der Waals surface area contributed by atoms with Crippen molar-refractivity contribution in [2.75, 3.05) is 19.5 Å². The molecule has 2 aromatic carbocycles. The Kier molecular flexibility index (Phi) is 6.34. The minimum Gasteiger partial charge on any atom is -0.493 e. The normalized spacial score (nSPS) is 10.4. The third-order valence-electron chi connectivity index (χ3n) is 4.50. The summed E-state index contributed by atoms with van der Waals surface area (Å²) in [6, 6.07) is 15.3. The van der Waals surface area contributed by atoms with E-state index in [4.69, 9.17) is 9.47 Å². The molecule has 1 N–H and O–H groups in total. The Hall–Kier alpha value is -3.54. The van der Waals surface area contributed by atoms with Crippen LogP contribution < -0.4 is 14.8 Å². The number of amides is 1. The van der Waals surface area contributed by atoms with Crippen LogP contribution >= 0.6 is 0 Å². The van der Waals surface area contributed by atoms with Crippen LogP contribution in [0.25, 0.3) is 0 Å². The van der Waals surface area contributed by atoms with Crippen LogP contribution in [0, 0.1) is 6.92 Å². The van der Waals surface area contributed by atoms with Gasteiger partial charge in [0, 0.05) is 17.2 Å². The quantitative estimate of drug-likeness (QED) is 0.584. The first-order valence-corrected chi connectivity index (χ1v) is 9.31. The number of methoxy groups -OCH3 is 2. The molecule has 0 radical (unpaired) electrons. The van der Waals surface area contributed by atoms with E-state index in [2.05, 4.69) is 17.0 Å². The zero-order valence-electron chi connectivity index (χ0n) is 16.9. The topological polar surface area (TPSA) is 65.4 Å². The van der Waals surface area contributed by atoms with Gasteiger partial charge in [-0.3, -0.25) is 4.79 Å². The highest BCUT2D eigenvalue weighted by Crippen LogP contribution is 2.33. The fourth-order valence-electron chi connectivity index (χ4n) is 3.19. The molecule has 0 fully saturated rings. The van der Waals surface area contributed by atoms with E-state index in [1.807, 2.05) is 43.3 Å². The third-order valence-corrected chi connectivity index (χ3v) is 4.50. The van der Waals surface area contributed by atoms with E-state index in [1.165, 1.54) is 0 Å². The molecule has 3 rings (SSSR count). The van der Waals surface area contributed by atoms with Gasteiger partial charge >= 0.3 is 0 Å². The lowest BCUT2D eigenvalue weighted by Crippen LogP contribution is -2.17.